The molecule has 0 aliphatic heterocycles. The van der Waals surface area contributed by atoms with Crippen molar-refractivity contribution in [3.05, 3.63) is 0 Å². The number of hydrogen-bond donors (Lipinski definition) is 0. The molecule has 1 amide bonds. The van der Waals surface area contributed by atoms with E-state index < -0.39 is 24.6 Å². The molecule has 0 spiro atoms. The summed E-state index contributed by atoms with van der Waals surface area (Å²) < 4.78 is 13.4. The average molecular weight is 269 g/mol. The first-order valence-electron chi connectivity index (χ1n) is 6.12. The number of halogens is 1. The first-order valence-corrected chi connectivity index (χ1v) is 6.12. The van der Waals surface area contributed by atoms with E-state index in [-0.39, 0.29) is 36.0 Å². The molecular weight excluding hydrogens is 248 g/mol. The fourth-order valence-electron chi connectivity index (χ4n) is 1.56. The van der Waals surface area contributed by atoms with Crippen molar-refractivity contribution in [1.82, 2.24) is 4.90 Å². The fraction of sp³-hybridized carbons (Fsp3) is 0.833. The Kier molecular flexibility index (Phi) is 13.4. The molecule has 1 atom stereocenters. The van der Waals surface area contributed by atoms with E-state index in [0.717, 1.165) is 17.7 Å². The number of aliphatic carboxylic acids is 1. The zero-order chi connectivity index (χ0) is 13.3. The van der Waals surface area contributed by atoms with E-state index in [1.165, 1.54) is 0 Å². The standard InChI is InChI=1S/C12H22FNO3.Na/c1-3-5-6-10(13)8-11(15)14(7-4-2)9-12(16)17;/h10H,3-9H2,1-2H3,(H,16,17);/q;+1/p-1. The Hall–Kier alpha value is -0.130. The van der Waals surface area contributed by atoms with Crippen molar-refractivity contribution in [1.29, 1.82) is 0 Å². The van der Waals surface area contributed by atoms with Crippen molar-refractivity contribution < 1.29 is 48.6 Å². The molecule has 0 aliphatic carbocycles. The summed E-state index contributed by atoms with van der Waals surface area (Å²) in [6.07, 6.45) is 1.21. The summed E-state index contributed by atoms with van der Waals surface area (Å²) in [4.78, 5) is 23.2. The third-order valence-electron chi connectivity index (χ3n) is 2.43. The van der Waals surface area contributed by atoms with Crippen molar-refractivity contribution in [3.8, 4) is 0 Å². The summed E-state index contributed by atoms with van der Waals surface area (Å²) in [7, 11) is 0. The van der Waals surface area contributed by atoms with E-state index in [2.05, 4.69) is 0 Å². The molecule has 0 aromatic heterocycles. The predicted octanol–water partition coefficient (Wildman–Crippen LogP) is -2.10. The molecule has 0 aromatic rings. The fourth-order valence-corrected chi connectivity index (χ4v) is 1.56. The van der Waals surface area contributed by atoms with Crippen LogP contribution in [-0.2, 0) is 9.59 Å². The molecule has 0 fully saturated rings. The van der Waals surface area contributed by atoms with Crippen molar-refractivity contribution in [3.63, 3.8) is 0 Å². The molecule has 0 rings (SSSR count). The summed E-state index contributed by atoms with van der Waals surface area (Å²) in [5, 5.41) is 10.4. The summed E-state index contributed by atoms with van der Waals surface area (Å²) in [6, 6.07) is 0. The minimum atomic E-state index is -1.31. The summed E-state index contributed by atoms with van der Waals surface area (Å²) >= 11 is 0. The molecule has 0 N–H and O–H groups in total. The minimum Gasteiger partial charge on any atom is -0.548 e. The van der Waals surface area contributed by atoms with Gasteiger partial charge in [-0.3, -0.25) is 4.79 Å². The topological polar surface area (TPSA) is 60.4 Å². The van der Waals surface area contributed by atoms with Gasteiger partial charge in [0.2, 0.25) is 5.91 Å². The first kappa shape index (κ1) is 20.2. The number of amides is 1. The molecule has 100 valence electrons. The van der Waals surface area contributed by atoms with Crippen LogP contribution >= 0.6 is 0 Å². The minimum absolute atomic E-state index is 0. The second kappa shape index (κ2) is 11.9. The van der Waals surface area contributed by atoms with Gasteiger partial charge in [0.25, 0.3) is 0 Å². The maximum atomic E-state index is 13.4. The molecule has 0 aliphatic rings. The van der Waals surface area contributed by atoms with Crippen molar-refractivity contribution in [2.75, 3.05) is 13.1 Å². The number of unbranched alkanes of at least 4 members (excludes halogenated alkanes) is 1. The van der Waals surface area contributed by atoms with Crippen molar-refractivity contribution in [2.45, 2.75) is 52.1 Å². The van der Waals surface area contributed by atoms with Crippen molar-refractivity contribution in [2.24, 2.45) is 0 Å². The molecule has 0 radical (unpaired) electrons. The Morgan fingerprint density at radius 1 is 1.28 bits per heavy atom. The normalized spacial score (nSPS) is 11.5. The van der Waals surface area contributed by atoms with Crippen LogP contribution < -0.4 is 34.7 Å². The third kappa shape index (κ3) is 9.85. The van der Waals surface area contributed by atoms with Crippen molar-refractivity contribution >= 4 is 11.9 Å². The Morgan fingerprint density at radius 3 is 2.33 bits per heavy atom. The Labute approximate surface area is 130 Å². The summed E-state index contributed by atoms with van der Waals surface area (Å²) in [5.41, 5.74) is 0. The van der Waals surface area contributed by atoms with Crippen LogP contribution in [0.4, 0.5) is 4.39 Å². The van der Waals surface area contributed by atoms with Gasteiger partial charge in [-0.2, -0.15) is 0 Å². The van der Waals surface area contributed by atoms with Gasteiger partial charge in [0.15, 0.2) is 0 Å². The van der Waals surface area contributed by atoms with E-state index in [9.17, 15) is 19.1 Å². The second-order valence-electron chi connectivity index (χ2n) is 4.13. The molecule has 6 heteroatoms. The van der Waals surface area contributed by atoms with Crippen LogP contribution in [0.1, 0.15) is 46.0 Å². The Balaban J connectivity index is 0. The molecule has 0 aromatic carbocycles. The van der Waals surface area contributed by atoms with Gasteiger partial charge in [-0.1, -0.05) is 26.7 Å². The number of carboxylic acids is 1. The Morgan fingerprint density at radius 2 is 1.89 bits per heavy atom. The number of carbonyl (C=O) groups is 2. The molecular formula is C12H21FNNaO3. The number of carboxylic acid groups (broad SMARTS) is 1. The number of carbonyl (C=O) groups excluding carboxylic acids is 2. The number of hydrogen-bond acceptors (Lipinski definition) is 3. The molecule has 0 heterocycles. The summed E-state index contributed by atoms with van der Waals surface area (Å²) in [6.45, 7) is 3.66. The zero-order valence-electron chi connectivity index (χ0n) is 11.6. The molecule has 0 saturated carbocycles. The van der Waals surface area contributed by atoms with E-state index in [1.54, 1.807) is 0 Å². The largest absolute Gasteiger partial charge is 1.00 e. The quantitative estimate of drug-likeness (QED) is 0.450. The third-order valence-corrected chi connectivity index (χ3v) is 2.43. The summed E-state index contributed by atoms with van der Waals surface area (Å²) in [5.74, 6) is -1.75. The maximum Gasteiger partial charge on any atom is 1.00 e. The monoisotopic (exact) mass is 269 g/mol. The SMILES string of the molecule is CCCCC(F)CC(=O)N(CCC)CC(=O)[O-].[Na+]. The van der Waals surface area contributed by atoms with Crippen LogP contribution in [0.3, 0.4) is 0 Å². The smallest absolute Gasteiger partial charge is 0.548 e. The van der Waals surface area contributed by atoms with Gasteiger partial charge in [-0.05, 0) is 12.8 Å². The van der Waals surface area contributed by atoms with E-state index in [4.69, 9.17) is 0 Å². The first-order chi connectivity index (χ1) is 8.01. The van der Waals surface area contributed by atoms with E-state index in [1.807, 2.05) is 13.8 Å². The second-order valence-corrected chi connectivity index (χ2v) is 4.13. The maximum absolute atomic E-state index is 13.4. The molecule has 1 unspecified atom stereocenters. The van der Waals surface area contributed by atoms with Gasteiger partial charge in [0.1, 0.15) is 6.17 Å². The predicted molar refractivity (Wildman–Crippen MR) is 60.9 cm³/mol. The molecule has 18 heavy (non-hydrogen) atoms. The van der Waals surface area contributed by atoms with Crippen LogP contribution in [-0.4, -0.2) is 36.0 Å². The number of alkyl halides is 1. The van der Waals surface area contributed by atoms with Crippen LogP contribution in [0.25, 0.3) is 0 Å². The van der Waals surface area contributed by atoms with Gasteiger partial charge in [0, 0.05) is 6.54 Å². The van der Waals surface area contributed by atoms with Crippen LogP contribution in [0.15, 0.2) is 0 Å². The van der Waals surface area contributed by atoms with Gasteiger partial charge in [-0.25, -0.2) is 4.39 Å². The van der Waals surface area contributed by atoms with Gasteiger partial charge in [-0.15, -0.1) is 0 Å². The van der Waals surface area contributed by atoms with Gasteiger partial charge >= 0.3 is 29.6 Å². The van der Waals surface area contributed by atoms with Crippen LogP contribution in [0.5, 0.6) is 0 Å². The number of nitrogens with zero attached hydrogens (tertiary/aromatic N) is 1. The zero-order valence-corrected chi connectivity index (χ0v) is 13.6. The molecule has 0 bridgehead atoms. The average Bonchev–Trinajstić information content (AvgIpc) is 2.25. The Bertz CT molecular complexity index is 251. The van der Waals surface area contributed by atoms with E-state index >= 15 is 0 Å². The van der Waals surface area contributed by atoms with Gasteiger partial charge < -0.3 is 14.8 Å². The van der Waals surface area contributed by atoms with Crippen LogP contribution in [0.2, 0.25) is 0 Å². The van der Waals surface area contributed by atoms with E-state index in [0.29, 0.717) is 19.4 Å². The number of rotatable bonds is 9. The molecule has 0 saturated heterocycles. The van der Waals surface area contributed by atoms with Crippen LogP contribution in [0, 0.1) is 0 Å². The van der Waals surface area contributed by atoms with Gasteiger partial charge in [0.05, 0.1) is 18.9 Å². The molecule has 4 nitrogen and oxygen atoms in total.